The summed E-state index contributed by atoms with van der Waals surface area (Å²) in [7, 11) is 0. The molecule has 3 aromatic rings. The van der Waals surface area contributed by atoms with Crippen LogP contribution < -0.4 is 5.56 Å². The number of phenolic OH excluding ortho intramolecular Hbond substituents is 1. The molecule has 26 heavy (non-hydrogen) atoms. The van der Waals surface area contributed by atoms with Crippen LogP contribution in [-0.4, -0.2) is 21.0 Å². The normalized spacial score (nSPS) is 12.8. The van der Waals surface area contributed by atoms with Gasteiger partial charge in [-0.25, -0.2) is 4.98 Å². The highest BCUT2D eigenvalue weighted by Gasteiger charge is 2.15. The first-order valence-corrected chi connectivity index (χ1v) is 9.33. The van der Waals surface area contributed by atoms with Crippen LogP contribution in [0.4, 0.5) is 0 Å². The average molecular weight is 435 g/mol. The highest BCUT2D eigenvalue weighted by Crippen LogP contribution is 2.22. The van der Waals surface area contributed by atoms with Gasteiger partial charge >= 0.3 is 0 Å². The van der Waals surface area contributed by atoms with Crippen LogP contribution in [-0.2, 0) is 0 Å². The van der Waals surface area contributed by atoms with Crippen LogP contribution in [0, 0.1) is 0 Å². The lowest BCUT2D eigenvalue weighted by molar-refractivity contribution is 0.474. The number of hydrogen-bond donors (Lipinski definition) is 1. The van der Waals surface area contributed by atoms with Crippen LogP contribution in [0.1, 0.15) is 37.6 Å². The molecule has 1 atom stereocenters. The van der Waals surface area contributed by atoms with Gasteiger partial charge in [0, 0.05) is 21.0 Å². The molecular formula is C19H17BrClN3O2. The maximum Gasteiger partial charge on any atom is 0.282 e. The van der Waals surface area contributed by atoms with Crippen molar-refractivity contribution < 1.29 is 5.11 Å². The number of aromatic hydroxyl groups is 1. The van der Waals surface area contributed by atoms with E-state index in [1.165, 1.54) is 17.0 Å². The van der Waals surface area contributed by atoms with Gasteiger partial charge in [-0.05, 0) is 42.8 Å². The lowest BCUT2D eigenvalue weighted by Gasteiger charge is -2.14. The summed E-state index contributed by atoms with van der Waals surface area (Å²) in [5.41, 5.74) is 0.795. The fraction of sp³-hybridized carbons (Fsp3) is 0.211. The van der Waals surface area contributed by atoms with Gasteiger partial charge in [-0.1, -0.05) is 41.4 Å². The quantitative estimate of drug-likeness (QED) is 0.593. The van der Waals surface area contributed by atoms with Crippen molar-refractivity contribution in [3.05, 3.63) is 67.6 Å². The molecule has 0 radical (unpaired) electrons. The van der Waals surface area contributed by atoms with Crippen LogP contribution in [0.5, 0.6) is 5.75 Å². The fourth-order valence-electron chi connectivity index (χ4n) is 2.53. The van der Waals surface area contributed by atoms with Gasteiger partial charge in [-0.15, -0.1) is 0 Å². The van der Waals surface area contributed by atoms with E-state index in [2.05, 4.69) is 26.0 Å². The van der Waals surface area contributed by atoms with Gasteiger partial charge in [0.1, 0.15) is 11.6 Å². The summed E-state index contributed by atoms with van der Waals surface area (Å²) >= 11 is 9.35. The standard InChI is InChI=1S/C19H17BrClN3O2/c1-3-11(2)18-23-16-6-4-13(20)9-15(16)19(26)24(18)22-10-12-8-14(21)5-7-17(12)25/h4-11,25H,3H2,1-2H3/t11-/m1/s1. The minimum atomic E-state index is -0.260. The predicted molar refractivity (Wildman–Crippen MR) is 109 cm³/mol. The van der Waals surface area contributed by atoms with E-state index in [4.69, 9.17) is 11.6 Å². The zero-order chi connectivity index (χ0) is 18.8. The van der Waals surface area contributed by atoms with E-state index in [0.717, 1.165) is 10.9 Å². The molecule has 3 rings (SSSR count). The lowest BCUT2D eigenvalue weighted by Crippen LogP contribution is -2.23. The molecule has 0 unspecified atom stereocenters. The Morgan fingerprint density at radius 2 is 2.12 bits per heavy atom. The summed E-state index contributed by atoms with van der Waals surface area (Å²) in [4.78, 5) is 17.6. The van der Waals surface area contributed by atoms with Gasteiger partial charge in [-0.2, -0.15) is 9.78 Å². The van der Waals surface area contributed by atoms with E-state index >= 15 is 0 Å². The van der Waals surface area contributed by atoms with E-state index in [9.17, 15) is 9.90 Å². The van der Waals surface area contributed by atoms with Crippen LogP contribution in [0.25, 0.3) is 10.9 Å². The van der Waals surface area contributed by atoms with Gasteiger partial charge in [0.05, 0.1) is 17.1 Å². The smallest absolute Gasteiger partial charge is 0.282 e. The van der Waals surface area contributed by atoms with Crippen LogP contribution in [0.15, 0.2) is 50.8 Å². The molecule has 5 nitrogen and oxygen atoms in total. The summed E-state index contributed by atoms with van der Waals surface area (Å²) in [6.45, 7) is 4.02. The number of nitrogens with zero attached hydrogens (tertiary/aromatic N) is 3. The van der Waals surface area contributed by atoms with Crippen molar-refractivity contribution in [1.29, 1.82) is 0 Å². The third kappa shape index (κ3) is 3.66. The van der Waals surface area contributed by atoms with Crippen molar-refractivity contribution in [3.8, 4) is 5.75 Å². The van der Waals surface area contributed by atoms with Crippen molar-refractivity contribution >= 4 is 44.6 Å². The summed E-state index contributed by atoms with van der Waals surface area (Å²) in [6.07, 6.45) is 2.23. The average Bonchev–Trinajstić information content (AvgIpc) is 2.63. The molecular weight excluding hydrogens is 418 g/mol. The SMILES string of the molecule is CC[C@@H](C)c1nc2ccc(Br)cc2c(=O)n1N=Cc1cc(Cl)ccc1O. The predicted octanol–water partition coefficient (Wildman–Crippen LogP) is 4.91. The highest BCUT2D eigenvalue weighted by molar-refractivity contribution is 9.10. The van der Waals surface area contributed by atoms with Gasteiger partial charge in [0.2, 0.25) is 0 Å². The van der Waals surface area contributed by atoms with Crippen molar-refractivity contribution in [3.63, 3.8) is 0 Å². The Hall–Kier alpha value is -2.18. The number of halogens is 2. The van der Waals surface area contributed by atoms with Crippen molar-refractivity contribution in [1.82, 2.24) is 9.66 Å². The Morgan fingerprint density at radius 3 is 2.85 bits per heavy atom. The van der Waals surface area contributed by atoms with Crippen LogP contribution >= 0.6 is 27.5 Å². The Morgan fingerprint density at radius 1 is 1.35 bits per heavy atom. The Labute approximate surface area is 164 Å². The topological polar surface area (TPSA) is 67.5 Å². The van der Waals surface area contributed by atoms with Crippen molar-refractivity contribution in [2.24, 2.45) is 5.10 Å². The van der Waals surface area contributed by atoms with Crippen molar-refractivity contribution in [2.75, 3.05) is 0 Å². The molecule has 0 aliphatic carbocycles. The van der Waals surface area contributed by atoms with Crippen LogP contribution in [0.2, 0.25) is 5.02 Å². The lowest BCUT2D eigenvalue weighted by atomic mass is 10.1. The molecule has 0 saturated carbocycles. The van der Waals surface area contributed by atoms with Crippen LogP contribution in [0.3, 0.4) is 0 Å². The van der Waals surface area contributed by atoms with Crippen molar-refractivity contribution in [2.45, 2.75) is 26.2 Å². The molecule has 1 N–H and O–H groups in total. The molecule has 0 aliphatic heterocycles. The molecule has 1 aromatic heterocycles. The second-order valence-corrected chi connectivity index (χ2v) is 7.36. The van der Waals surface area contributed by atoms with Gasteiger partial charge < -0.3 is 5.11 Å². The zero-order valence-electron chi connectivity index (χ0n) is 14.3. The molecule has 1 heterocycles. The largest absolute Gasteiger partial charge is 0.507 e. The fourth-order valence-corrected chi connectivity index (χ4v) is 3.07. The second-order valence-electron chi connectivity index (χ2n) is 6.01. The van der Waals surface area contributed by atoms with Gasteiger partial charge in [0.15, 0.2) is 0 Å². The van der Waals surface area contributed by atoms with E-state index < -0.39 is 0 Å². The van der Waals surface area contributed by atoms with E-state index in [1.54, 1.807) is 18.2 Å². The Kier molecular flexibility index (Phi) is 5.44. The number of benzene rings is 2. The summed E-state index contributed by atoms with van der Waals surface area (Å²) in [5.74, 6) is 0.652. The summed E-state index contributed by atoms with van der Waals surface area (Å²) < 4.78 is 2.09. The maximum absolute atomic E-state index is 13.0. The van der Waals surface area contributed by atoms with Gasteiger partial charge in [0.25, 0.3) is 5.56 Å². The van der Waals surface area contributed by atoms with Gasteiger partial charge in [-0.3, -0.25) is 4.79 Å². The minimum absolute atomic E-state index is 0.0350. The molecule has 0 fully saturated rings. The molecule has 0 aliphatic rings. The summed E-state index contributed by atoms with van der Waals surface area (Å²) in [6, 6.07) is 10.0. The highest BCUT2D eigenvalue weighted by atomic mass is 79.9. The molecule has 2 aromatic carbocycles. The maximum atomic E-state index is 13.0. The van der Waals surface area contributed by atoms with E-state index in [1.807, 2.05) is 26.0 Å². The summed E-state index contributed by atoms with van der Waals surface area (Å²) in [5, 5.41) is 15.2. The zero-order valence-corrected chi connectivity index (χ0v) is 16.6. The first kappa shape index (κ1) is 18.6. The third-order valence-electron chi connectivity index (χ3n) is 4.19. The number of fused-ring (bicyclic) bond motifs is 1. The van der Waals surface area contributed by atoms with E-state index in [-0.39, 0.29) is 17.2 Å². The Bertz CT molecular complexity index is 1060. The molecule has 134 valence electrons. The Balaban J connectivity index is 2.22. The molecule has 0 saturated heterocycles. The molecule has 0 amide bonds. The van der Waals surface area contributed by atoms with E-state index in [0.29, 0.717) is 27.3 Å². The number of aromatic nitrogens is 2. The third-order valence-corrected chi connectivity index (χ3v) is 4.92. The molecule has 0 bridgehead atoms. The molecule has 7 heteroatoms. The number of hydrogen-bond acceptors (Lipinski definition) is 4. The second kappa shape index (κ2) is 7.60. The first-order valence-electron chi connectivity index (χ1n) is 8.15. The number of phenols is 1. The molecule has 0 spiro atoms. The monoisotopic (exact) mass is 433 g/mol. The first-order chi connectivity index (χ1) is 12.4. The minimum Gasteiger partial charge on any atom is -0.507 e. The number of rotatable bonds is 4.